The monoisotopic (exact) mass is 346 g/mol. The molecule has 1 saturated carbocycles. The number of aliphatic hydroxyl groups excluding tert-OH is 1. The Kier molecular flexibility index (Phi) is 5.33. The fraction of sp³-hybridized carbons (Fsp3) is 0.444. The first kappa shape index (κ1) is 17.4. The predicted molar refractivity (Wildman–Crippen MR) is 91.4 cm³/mol. The molecule has 1 aliphatic carbocycles. The van der Waals surface area contributed by atoms with Crippen molar-refractivity contribution < 1.29 is 14.3 Å². The van der Waals surface area contributed by atoms with Crippen molar-refractivity contribution >= 4 is 6.03 Å². The molecule has 0 aliphatic heterocycles. The summed E-state index contributed by atoms with van der Waals surface area (Å²) >= 11 is 0. The summed E-state index contributed by atoms with van der Waals surface area (Å²) in [4.78, 5) is 16.7. The summed E-state index contributed by atoms with van der Waals surface area (Å²) in [5, 5.41) is 15.4. The van der Waals surface area contributed by atoms with Crippen LogP contribution in [0.3, 0.4) is 0 Å². The highest BCUT2D eigenvalue weighted by molar-refractivity contribution is 5.75. The molecule has 0 saturated heterocycles. The molecule has 25 heavy (non-hydrogen) atoms. The van der Waals surface area contributed by atoms with Gasteiger partial charge in [0, 0.05) is 25.5 Å². The summed E-state index contributed by atoms with van der Waals surface area (Å²) in [5.74, 6) is 0.264. The van der Waals surface area contributed by atoms with E-state index in [9.17, 15) is 14.3 Å². The van der Waals surface area contributed by atoms with E-state index in [1.165, 1.54) is 12.1 Å². The second-order valence-corrected chi connectivity index (χ2v) is 6.51. The molecular weight excluding hydrogens is 323 g/mol. The molecule has 3 N–H and O–H groups in total. The maximum Gasteiger partial charge on any atom is 0.315 e. The van der Waals surface area contributed by atoms with Crippen molar-refractivity contribution in [3.63, 3.8) is 0 Å². The Bertz CT molecular complexity index is 725. The molecule has 0 unspecified atom stereocenters. The van der Waals surface area contributed by atoms with Gasteiger partial charge in [0.05, 0.1) is 6.10 Å². The van der Waals surface area contributed by atoms with E-state index in [4.69, 9.17) is 0 Å². The van der Waals surface area contributed by atoms with E-state index >= 15 is 0 Å². The van der Waals surface area contributed by atoms with Gasteiger partial charge < -0.3 is 20.3 Å². The van der Waals surface area contributed by atoms with Crippen LogP contribution < -0.4 is 10.6 Å². The van der Waals surface area contributed by atoms with Crippen LogP contribution in [0.15, 0.2) is 36.7 Å². The minimum absolute atomic E-state index is 0.0398. The van der Waals surface area contributed by atoms with Gasteiger partial charge in [0.15, 0.2) is 0 Å². The molecule has 1 atom stereocenters. The molecule has 1 heterocycles. The van der Waals surface area contributed by atoms with E-state index < -0.39 is 6.04 Å². The number of nitrogens with one attached hydrogen (secondary N) is 2. The maximum absolute atomic E-state index is 13.6. The number of urea groups is 1. The van der Waals surface area contributed by atoms with Crippen molar-refractivity contribution in [1.29, 1.82) is 0 Å². The molecule has 134 valence electrons. The Hall–Kier alpha value is -2.41. The van der Waals surface area contributed by atoms with Crippen LogP contribution in [0.2, 0.25) is 0 Å². The number of rotatable bonds is 4. The minimum atomic E-state index is -0.551. The van der Waals surface area contributed by atoms with Gasteiger partial charge in [-0.2, -0.15) is 0 Å². The van der Waals surface area contributed by atoms with Crippen molar-refractivity contribution in [2.45, 2.75) is 43.9 Å². The zero-order valence-electron chi connectivity index (χ0n) is 14.2. The zero-order valence-corrected chi connectivity index (χ0v) is 14.2. The Morgan fingerprint density at radius 3 is 2.76 bits per heavy atom. The maximum atomic E-state index is 13.6. The standard InChI is InChI=1S/C18H23FN4O2/c1-23-10-9-20-17(23)16(12-3-2-4-13(19)11-12)22-18(25)21-14-5-7-15(24)8-6-14/h2-4,9-11,14-16,24H,5-8H2,1H3,(H2,21,22,25)/t14?,15?,16-/m0/s1. The van der Waals surface area contributed by atoms with E-state index in [-0.39, 0.29) is 24.0 Å². The van der Waals surface area contributed by atoms with Crippen molar-refractivity contribution in [2.75, 3.05) is 0 Å². The van der Waals surface area contributed by atoms with E-state index in [0.29, 0.717) is 24.2 Å². The molecule has 7 heteroatoms. The Balaban J connectivity index is 1.74. The number of aryl methyl sites for hydroxylation is 1. The third-order valence-electron chi connectivity index (χ3n) is 4.61. The number of amides is 2. The number of hydrogen-bond donors (Lipinski definition) is 3. The van der Waals surface area contributed by atoms with E-state index in [1.807, 2.05) is 7.05 Å². The number of hydrogen-bond acceptors (Lipinski definition) is 3. The highest BCUT2D eigenvalue weighted by Crippen LogP contribution is 2.22. The van der Waals surface area contributed by atoms with Gasteiger partial charge in [0.2, 0.25) is 0 Å². The van der Waals surface area contributed by atoms with Crippen LogP contribution in [0.25, 0.3) is 0 Å². The number of nitrogens with zero attached hydrogens (tertiary/aromatic N) is 2. The lowest BCUT2D eigenvalue weighted by Crippen LogP contribution is -2.45. The smallest absolute Gasteiger partial charge is 0.315 e. The second kappa shape index (κ2) is 7.65. The normalized spacial score (nSPS) is 21.6. The summed E-state index contributed by atoms with van der Waals surface area (Å²) in [6.45, 7) is 0. The van der Waals surface area contributed by atoms with Crippen LogP contribution in [0.4, 0.5) is 9.18 Å². The van der Waals surface area contributed by atoms with E-state index in [2.05, 4.69) is 15.6 Å². The van der Waals surface area contributed by atoms with Crippen LogP contribution in [-0.4, -0.2) is 32.8 Å². The third kappa shape index (κ3) is 4.36. The van der Waals surface area contributed by atoms with Gasteiger partial charge in [-0.15, -0.1) is 0 Å². The molecular formula is C18H23FN4O2. The average Bonchev–Trinajstić information content (AvgIpc) is 3.00. The molecule has 1 aromatic carbocycles. The summed E-state index contributed by atoms with van der Waals surface area (Å²) < 4.78 is 15.4. The number of carbonyl (C=O) groups is 1. The molecule has 1 fully saturated rings. The first-order valence-electron chi connectivity index (χ1n) is 8.50. The van der Waals surface area contributed by atoms with E-state index in [0.717, 1.165) is 12.8 Å². The molecule has 0 bridgehead atoms. The summed E-state index contributed by atoms with van der Waals surface area (Å²) in [7, 11) is 1.83. The van der Waals surface area contributed by atoms with Gasteiger partial charge in [-0.1, -0.05) is 12.1 Å². The quantitative estimate of drug-likeness (QED) is 0.794. The molecule has 2 aromatic rings. The van der Waals surface area contributed by atoms with Crippen molar-refractivity contribution in [3.05, 3.63) is 53.9 Å². The number of halogens is 1. The summed E-state index contributed by atoms with van der Waals surface area (Å²) in [6.07, 6.45) is 6.04. The summed E-state index contributed by atoms with van der Waals surface area (Å²) in [5.41, 5.74) is 0.628. The highest BCUT2D eigenvalue weighted by Gasteiger charge is 2.24. The molecule has 0 radical (unpaired) electrons. The predicted octanol–water partition coefficient (Wildman–Crippen LogP) is 2.25. The molecule has 1 aromatic heterocycles. The molecule has 0 spiro atoms. The van der Waals surface area contributed by atoms with Crippen LogP contribution in [0.1, 0.15) is 43.1 Å². The van der Waals surface area contributed by atoms with E-state index in [1.54, 1.807) is 29.1 Å². The molecule has 1 aliphatic rings. The van der Waals surface area contributed by atoms with Gasteiger partial charge in [-0.3, -0.25) is 0 Å². The lowest BCUT2D eigenvalue weighted by atomic mass is 9.93. The fourth-order valence-electron chi connectivity index (χ4n) is 3.22. The largest absolute Gasteiger partial charge is 0.393 e. The number of aliphatic hydroxyl groups is 1. The van der Waals surface area contributed by atoms with Crippen molar-refractivity contribution in [3.8, 4) is 0 Å². The summed E-state index contributed by atoms with van der Waals surface area (Å²) in [6, 6.07) is 5.31. The second-order valence-electron chi connectivity index (χ2n) is 6.51. The minimum Gasteiger partial charge on any atom is -0.393 e. The zero-order chi connectivity index (χ0) is 17.8. The Labute approximate surface area is 146 Å². The van der Waals surface area contributed by atoms with Crippen LogP contribution >= 0.6 is 0 Å². The van der Waals surface area contributed by atoms with Gasteiger partial charge in [-0.05, 0) is 43.4 Å². The lowest BCUT2D eigenvalue weighted by molar-refractivity contribution is 0.117. The lowest BCUT2D eigenvalue weighted by Gasteiger charge is -2.27. The topological polar surface area (TPSA) is 79.2 Å². The number of benzene rings is 1. The first-order valence-corrected chi connectivity index (χ1v) is 8.50. The van der Waals surface area contributed by atoms with Gasteiger partial charge in [0.25, 0.3) is 0 Å². The SMILES string of the molecule is Cn1ccnc1[C@@H](NC(=O)NC1CCC(O)CC1)c1cccc(F)c1. The van der Waals surface area contributed by atoms with Crippen LogP contribution in [0, 0.1) is 5.82 Å². The van der Waals surface area contributed by atoms with Gasteiger partial charge >= 0.3 is 6.03 Å². The third-order valence-corrected chi connectivity index (χ3v) is 4.61. The van der Waals surface area contributed by atoms with Crippen molar-refractivity contribution in [1.82, 2.24) is 20.2 Å². The first-order chi connectivity index (χ1) is 12.0. The Morgan fingerprint density at radius 1 is 1.36 bits per heavy atom. The van der Waals surface area contributed by atoms with Crippen LogP contribution in [0.5, 0.6) is 0 Å². The highest BCUT2D eigenvalue weighted by atomic mass is 19.1. The van der Waals surface area contributed by atoms with Crippen LogP contribution in [-0.2, 0) is 7.05 Å². The van der Waals surface area contributed by atoms with Gasteiger partial charge in [0.1, 0.15) is 17.7 Å². The fourth-order valence-corrected chi connectivity index (χ4v) is 3.22. The number of imidazole rings is 1. The Morgan fingerprint density at radius 2 is 2.12 bits per heavy atom. The number of carbonyl (C=O) groups excluding carboxylic acids is 1. The van der Waals surface area contributed by atoms with Gasteiger partial charge in [-0.25, -0.2) is 14.2 Å². The average molecular weight is 346 g/mol. The molecule has 3 rings (SSSR count). The molecule has 2 amide bonds. The molecule has 6 nitrogen and oxygen atoms in total. The van der Waals surface area contributed by atoms with Crippen molar-refractivity contribution in [2.24, 2.45) is 7.05 Å². The number of aromatic nitrogens is 2.